The van der Waals surface area contributed by atoms with Crippen LogP contribution in [0.4, 0.5) is 5.69 Å². The number of aliphatic hydroxyl groups is 2. The maximum atomic E-state index is 14.0. The van der Waals surface area contributed by atoms with E-state index < -0.39 is 23.2 Å². The number of rotatable bonds is 6. The zero-order valence-corrected chi connectivity index (χ0v) is 21.8. The molecule has 0 saturated carbocycles. The molecule has 1 saturated heterocycles. The van der Waals surface area contributed by atoms with Gasteiger partial charge in [-0.15, -0.1) is 6.58 Å². The molecule has 3 aliphatic rings. The van der Waals surface area contributed by atoms with Gasteiger partial charge >= 0.3 is 0 Å². The summed E-state index contributed by atoms with van der Waals surface area (Å²) >= 11 is 0. The van der Waals surface area contributed by atoms with E-state index in [1.165, 1.54) is 0 Å². The number of para-hydroxylation sites is 1. The first kappa shape index (κ1) is 25.6. The average molecular weight is 505 g/mol. The fourth-order valence-electron chi connectivity index (χ4n) is 6.87. The van der Waals surface area contributed by atoms with Gasteiger partial charge in [0.15, 0.2) is 5.60 Å². The molecule has 0 aliphatic carbocycles. The second kappa shape index (κ2) is 9.39. The fourth-order valence-corrected chi connectivity index (χ4v) is 6.87. The normalized spacial score (nSPS) is 28.9. The Kier molecular flexibility index (Phi) is 6.51. The first-order valence-electron chi connectivity index (χ1n) is 13.0. The predicted molar refractivity (Wildman–Crippen MR) is 141 cm³/mol. The van der Waals surface area contributed by atoms with Gasteiger partial charge in [-0.2, -0.15) is 0 Å². The number of ether oxygens (including phenoxy) is 1. The van der Waals surface area contributed by atoms with Crippen LogP contribution in [-0.2, 0) is 32.9 Å². The first-order chi connectivity index (χ1) is 17.6. The maximum Gasteiger partial charge on any atom is 0.264 e. The van der Waals surface area contributed by atoms with Crippen molar-refractivity contribution in [3.05, 3.63) is 77.9 Å². The van der Waals surface area contributed by atoms with E-state index in [9.17, 15) is 19.8 Å². The molecule has 0 unspecified atom stereocenters. The highest BCUT2D eigenvalue weighted by Gasteiger charge is 2.65. The second-order valence-corrected chi connectivity index (χ2v) is 11.1. The summed E-state index contributed by atoms with van der Waals surface area (Å²) in [4.78, 5) is 31.1. The van der Waals surface area contributed by atoms with E-state index in [-0.39, 0.29) is 36.8 Å². The summed E-state index contributed by atoms with van der Waals surface area (Å²) in [7, 11) is 0. The lowest BCUT2D eigenvalue weighted by Gasteiger charge is -2.38. The van der Waals surface area contributed by atoms with Gasteiger partial charge in [-0.3, -0.25) is 9.59 Å². The molecule has 0 aromatic heterocycles. The van der Waals surface area contributed by atoms with Gasteiger partial charge in [-0.25, -0.2) is 0 Å². The van der Waals surface area contributed by atoms with Crippen LogP contribution >= 0.6 is 0 Å². The number of carbonyl (C=O) groups excluding carboxylic acids is 2. The SMILES string of the molecule is C=CCN1C(=O)[C@]2(O[C@H](CC(=O)N3Cc4ccccc4C[C@H]3CO)[C@@H](C(C)(C)O)[C@@H]2C)c2ccccc21. The summed E-state index contributed by atoms with van der Waals surface area (Å²) in [6.45, 7) is 9.80. The van der Waals surface area contributed by atoms with Crippen LogP contribution in [0.3, 0.4) is 0 Å². The van der Waals surface area contributed by atoms with E-state index in [4.69, 9.17) is 4.74 Å². The van der Waals surface area contributed by atoms with Gasteiger partial charge in [0.25, 0.3) is 5.91 Å². The molecule has 5 atom stereocenters. The van der Waals surface area contributed by atoms with Crippen LogP contribution in [-0.4, -0.2) is 57.8 Å². The van der Waals surface area contributed by atoms with Gasteiger partial charge in [-0.05, 0) is 37.5 Å². The first-order valence-corrected chi connectivity index (χ1v) is 13.0. The molecule has 196 valence electrons. The Bertz CT molecular complexity index is 1220. The summed E-state index contributed by atoms with van der Waals surface area (Å²) < 4.78 is 6.68. The number of fused-ring (bicyclic) bond motifs is 3. The molecule has 7 heteroatoms. The van der Waals surface area contributed by atoms with Crippen molar-refractivity contribution in [3.63, 3.8) is 0 Å². The van der Waals surface area contributed by atoms with Gasteiger partial charge in [-0.1, -0.05) is 55.5 Å². The minimum Gasteiger partial charge on any atom is -0.394 e. The molecule has 2 aromatic rings. The summed E-state index contributed by atoms with van der Waals surface area (Å²) in [5, 5.41) is 21.4. The molecule has 2 amide bonds. The van der Waals surface area contributed by atoms with Crippen molar-refractivity contribution in [3.8, 4) is 0 Å². The molecule has 1 fully saturated rings. The maximum absolute atomic E-state index is 14.0. The third-order valence-corrected chi connectivity index (χ3v) is 8.47. The molecule has 37 heavy (non-hydrogen) atoms. The van der Waals surface area contributed by atoms with Gasteiger partial charge in [0.1, 0.15) is 0 Å². The van der Waals surface area contributed by atoms with E-state index in [0.29, 0.717) is 19.5 Å². The standard InChI is InChI=1S/C30H36N2O5/c1-5-14-31-24-13-9-8-12-23(24)30(28(31)35)19(2)27(29(3,4)36)25(37-30)16-26(34)32-17-21-11-7-6-10-20(21)15-22(32)18-33/h5-13,19,22,25,27,33,36H,1,14-18H2,2-4H3/t19-,22-,25+,27-,30+/m0/s1. The highest BCUT2D eigenvalue weighted by Crippen LogP contribution is 2.57. The van der Waals surface area contributed by atoms with Crippen LogP contribution in [0.1, 0.15) is 43.9 Å². The van der Waals surface area contributed by atoms with Crippen molar-refractivity contribution in [2.75, 3.05) is 18.1 Å². The third-order valence-electron chi connectivity index (χ3n) is 8.47. The summed E-state index contributed by atoms with van der Waals surface area (Å²) in [5.41, 5.74) is 1.25. The van der Waals surface area contributed by atoms with Crippen molar-refractivity contribution in [1.29, 1.82) is 0 Å². The van der Waals surface area contributed by atoms with Gasteiger partial charge in [0.2, 0.25) is 5.91 Å². The quantitative estimate of drug-likeness (QED) is 0.590. The largest absolute Gasteiger partial charge is 0.394 e. The number of aliphatic hydroxyl groups excluding tert-OH is 1. The van der Waals surface area contributed by atoms with E-state index in [0.717, 1.165) is 22.4 Å². The van der Waals surface area contributed by atoms with Gasteiger partial charge in [0.05, 0.1) is 36.5 Å². The number of carbonyl (C=O) groups is 2. The van der Waals surface area contributed by atoms with Crippen LogP contribution in [0.5, 0.6) is 0 Å². The Labute approximate surface area is 218 Å². The zero-order valence-electron chi connectivity index (χ0n) is 21.8. The summed E-state index contributed by atoms with van der Waals surface area (Å²) in [6.07, 6.45) is 1.60. The number of hydrogen-bond acceptors (Lipinski definition) is 5. The molecular weight excluding hydrogens is 468 g/mol. The van der Waals surface area contributed by atoms with E-state index >= 15 is 0 Å². The minimum absolute atomic E-state index is 0.0102. The summed E-state index contributed by atoms with van der Waals surface area (Å²) in [5.74, 6) is -1.20. The van der Waals surface area contributed by atoms with Crippen LogP contribution in [0, 0.1) is 11.8 Å². The van der Waals surface area contributed by atoms with Crippen LogP contribution in [0.15, 0.2) is 61.2 Å². The predicted octanol–water partition coefficient (Wildman–Crippen LogP) is 3.17. The van der Waals surface area contributed by atoms with Crippen molar-refractivity contribution >= 4 is 17.5 Å². The van der Waals surface area contributed by atoms with Crippen molar-refractivity contribution in [2.45, 2.75) is 63.5 Å². The Hall–Kier alpha value is -3.00. The van der Waals surface area contributed by atoms with Gasteiger partial charge in [0, 0.05) is 30.5 Å². The lowest BCUT2D eigenvalue weighted by atomic mass is 9.70. The molecule has 7 nitrogen and oxygen atoms in total. The highest BCUT2D eigenvalue weighted by molar-refractivity contribution is 6.07. The average Bonchev–Trinajstić information content (AvgIpc) is 3.30. The zero-order chi connectivity index (χ0) is 26.5. The third kappa shape index (κ3) is 4.00. The van der Waals surface area contributed by atoms with Gasteiger partial charge < -0.3 is 24.7 Å². The van der Waals surface area contributed by atoms with Crippen LogP contribution in [0.2, 0.25) is 0 Å². The Balaban J connectivity index is 1.49. The van der Waals surface area contributed by atoms with Crippen molar-refractivity contribution < 1.29 is 24.5 Å². The number of amides is 2. The Morgan fingerprint density at radius 1 is 1.19 bits per heavy atom. The topological polar surface area (TPSA) is 90.3 Å². The van der Waals surface area contributed by atoms with Crippen LogP contribution < -0.4 is 4.90 Å². The number of anilines is 1. The van der Waals surface area contributed by atoms with E-state index in [2.05, 4.69) is 6.58 Å². The number of nitrogens with zero attached hydrogens (tertiary/aromatic N) is 2. The Morgan fingerprint density at radius 2 is 1.86 bits per heavy atom. The monoisotopic (exact) mass is 504 g/mol. The molecule has 3 aliphatic heterocycles. The molecule has 2 aromatic carbocycles. The smallest absolute Gasteiger partial charge is 0.264 e. The van der Waals surface area contributed by atoms with Crippen LogP contribution in [0.25, 0.3) is 0 Å². The molecule has 0 radical (unpaired) electrons. The molecule has 1 spiro atoms. The highest BCUT2D eigenvalue weighted by atomic mass is 16.5. The molecule has 5 rings (SSSR count). The molecule has 3 heterocycles. The lowest BCUT2D eigenvalue weighted by molar-refractivity contribution is -0.151. The number of hydrogen-bond donors (Lipinski definition) is 2. The van der Waals surface area contributed by atoms with E-state index in [1.807, 2.05) is 55.5 Å². The Morgan fingerprint density at radius 3 is 2.54 bits per heavy atom. The molecule has 0 bridgehead atoms. The molecular formula is C30H36N2O5. The van der Waals surface area contributed by atoms with Crippen molar-refractivity contribution in [2.24, 2.45) is 11.8 Å². The molecule has 2 N–H and O–H groups in total. The second-order valence-electron chi connectivity index (χ2n) is 11.1. The summed E-state index contributed by atoms with van der Waals surface area (Å²) in [6, 6.07) is 15.2. The number of benzene rings is 2. The van der Waals surface area contributed by atoms with Crippen molar-refractivity contribution in [1.82, 2.24) is 4.90 Å². The fraction of sp³-hybridized carbons (Fsp3) is 0.467. The lowest BCUT2D eigenvalue weighted by Crippen LogP contribution is -2.48. The van der Waals surface area contributed by atoms with E-state index in [1.54, 1.807) is 29.7 Å². The minimum atomic E-state index is -1.29.